The summed E-state index contributed by atoms with van der Waals surface area (Å²) in [6.45, 7) is 1.98. The predicted molar refractivity (Wildman–Crippen MR) is 96.3 cm³/mol. The number of carbonyl (C=O) groups is 2. The summed E-state index contributed by atoms with van der Waals surface area (Å²) in [6, 6.07) is 3.36. The Hall–Kier alpha value is -2.11. The molecule has 1 saturated carbocycles. The number of hydrogen-bond acceptors (Lipinski definition) is 3. The first kappa shape index (κ1) is 17.7. The van der Waals surface area contributed by atoms with Gasteiger partial charge in [-0.05, 0) is 30.9 Å². The van der Waals surface area contributed by atoms with Gasteiger partial charge in [-0.1, -0.05) is 32.1 Å². The van der Waals surface area contributed by atoms with Crippen LogP contribution in [0.3, 0.4) is 0 Å². The molecule has 1 atom stereocenters. The Morgan fingerprint density at radius 1 is 1.12 bits per heavy atom. The molecular formula is C19H28N4O2. The Kier molecular flexibility index (Phi) is 6.25. The quantitative estimate of drug-likeness (QED) is 0.862. The van der Waals surface area contributed by atoms with Gasteiger partial charge < -0.3 is 15.5 Å². The van der Waals surface area contributed by atoms with Crippen molar-refractivity contribution in [2.45, 2.75) is 51.0 Å². The van der Waals surface area contributed by atoms with Crippen LogP contribution in [0.5, 0.6) is 0 Å². The van der Waals surface area contributed by atoms with Crippen LogP contribution in [0, 0.1) is 5.92 Å². The third kappa shape index (κ3) is 5.18. The number of aromatic nitrogens is 1. The van der Waals surface area contributed by atoms with Crippen LogP contribution in [-0.2, 0) is 0 Å². The first-order chi connectivity index (χ1) is 12.2. The molecule has 2 aliphatic rings. The molecule has 0 bridgehead atoms. The fraction of sp³-hybridized carbons (Fsp3) is 0.632. The van der Waals surface area contributed by atoms with E-state index in [1.165, 1.54) is 32.1 Å². The van der Waals surface area contributed by atoms with Gasteiger partial charge in [0, 0.05) is 43.6 Å². The first-order valence-corrected chi connectivity index (χ1v) is 9.46. The van der Waals surface area contributed by atoms with Crippen molar-refractivity contribution in [3.63, 3.8) is 0 Å². The van der Waals surface area contributed by atoms with Gasteiger partial charge >= 0.3 is 6.03 Å². The number of amides is 3. The van der Waals surface area contributed by atoms with E-state index in [4.69, 9.17) is 0 Å². The molecule has 1 aliphatic carbocycles. The molecule has 1 aromatic rings. The molecule has 3 amide bonds. The highest BCUT2D eigenvalue weighted by Gasteiger charge is 2.27. The minimum Gasteiger partial charge on any atom is -0.338 e. The number of nitrogens with one attached hydrogen (secondary N) is 2. The zero-order valence-electron chi connectivity index (χ0n) is 14.7. The molecule has 2 N–H and O–H groups in total. The molecule has 0 spiro atoms. The fourth-order valence-electron chi connectivity index (χ4n) is 3.84. The lowest BCUT2D eigenvalue weighted by molar-refractivity contribution is 0.0789. The largest absolute Gasteiger partial charge is 0.338 e. The van der Waals surface area contributed by atoms with Gasteiger partial charge in [-0.25, -0.2) is 4.79 Å². The zero-order chi connectivity index (χ0) is 17.5. The van der Waals surface area contributed by atoms with Crippen molar-refractivity contribution < 1.29 is 9.59 Å². The lowest BCUT2D eigenvalue weighted by Crippen LogP contribution is -2.44. The van der Waals surface area contributed by atoms with E-state index in [2.05, 4.69) is 15.6 Å². The number of urea groups is 1. The number of carbonyl (C=O) groups excluding carboxylic acids is 2. The molecule has 2 heterocycles. The molecule has 6 heteroatoms. The molecule has 0 aromatic carbocycles. The minimum absolute atomic E-state index is 0.00408. The molecule has 25 heavy (non-hydrogen) atoms. The highest BCUT2D eigenvalue weighted by atomic mass is 16.2. The van der Waals surface area contributed by atoms with Crippen molar-refractivity contribution in [3.8, 4) is 0 Å². The van der Waals surface area contributed by atoms with E-state index >= 15 is 0 Å². The van der Waals surface area contributed by atoms with Gasteiger partial charge in [0.25, 0.3) is 5.91 Å². The lowest BCUT2D eigenvalue weighted by atomic mass is 9.87. The maximum atomic E-state index is 12.4. The van der Waals surface area contributed by atoms with Crippen molar-refractivity contribution in [1.82, 2.24) is 20.5 Å². The van der Waals surface area contributed by atoms with Crippen LogP contribution in [0.4, 0.5) is 4.79 Å². The van der Waals surface area contributed by atoms with Gasteiger partial charge in [0.2, 0.25) is 0 Å². The number of hydrogen-bond donors (Lipinski definition) is 2. The van der Waals surface area contributed by atoms with Crippen molar-refractivity contribution >= 4 is 11.9 Å². The van der Waals surface area contributed by atoms with Gasteiger partial charge in [-0.3, -0.25) is 9.78 Å². The summed E-state index contributed by atoms with van der Waals surface area (Å²) in [7, 11) is 0. The van der Waals surface area contributed by atoms with Crippen LogP contribution < -0.4 is 10.6 Å². The predicted octanol–water partition coefficient (Wildman–Crippen LogP) is 2.57. The summed E-state index contributed by atoms with van der Waals surface area (Å²) in [5.74, 6) is 0.776. The Bertz CT molecular complexity index is 572. The Morgan fingerprint density at radius 3 is 2.64 bits per heavy atom. The SMILES string of the molecule is O=C(NCCC1CCCCC1)NC1CCN(C(=O)c2ccncc2)C1. The molecule has 1 aromatic heterocycles. The van der Waals surface area contributed by atoms with Crippen LogP contribution in [0.15, 0.2) is 24.5 Å². The van der Waals surface area contributed by atoms with Crippen LogP contribution in [0.1, 0.15) is 55.3 Å². The second kappa shape index (κ2) is 8.83. The van der Waals surface area contributed by atoms with Crippen LogP contribution in [-0.4, -0.2) is 47.5 Å². The van der Waals surface area contributed by atoms with Gasteiger partial charge in [0.15, 0.2) is 0 Å². The van der Waals surface area contributed by atoms with E-state index in [0.717, 1.165) is 25.3 Å². The van der Waals surface area contributed by atoms with E-state index in [-0.39, 0.29) is 18.0 Å². The molecule has 136 valence electrons. The second-order valence-electron chi connectivity index (χ2n) is 7.17. The zero-order valence-corrected chi connectivity index (χ0v) is 14.7. The monoisotopic (exact) mass is 344 g/mol. The normalized spacial score (nSPS) is 21.1. The molecule has 6 nitrogen and oxygen atoms in total. The van der Waals surface area contributed by atoms with Crippen LogP contribution in [0.2, 0.25) is 0 Å². The summed E-state index contributed by atoms with van der Waals surface area (Å²) in [5, 5.41) is 5.97. The maximum Gasteiger partial charge on any atom is 0.315 e. The van der Waals surface area contributed by atoms with E-state index in [9.17, 15) is 9.59 Å². The fourth-order valence-corrected chi connectivity index (χ4v) is 3.84. The summed E-state index contributed by atoms with van der Waals surface area (Å²) in [6.07, 6.45) is 11.8. The smallest absolute Gasteiger partial charge is 0.315 e. The number of rotatable bonds is 5. The molecule has 2 fully saturated rings. The third-order valence-corrected chi connectivity index (χ3v) is 5.30. The second-order valence-corrected chi connectivity index (χ2v) is 7.17. The molecular weight excluding hydrogens is 316 g/mol. The average Bonchev–Trinajstić information content (AvgIpc) is 3.11. The summed E-state index contributed by atoms with van der Waals surface area (Å²) >= 11 is 0. The first-order valence-electron chi connectivity index (χ1n) is 9.46. The average molecular weight is 344 g/mol. The minimum atomic E-state index is -0.112. The Labute approximate surface area is 149 Å². The summed E-state index contributed by atoms with van der Waals surface area (Å²) in [4.78, 5) is 30.2. The molecule has 1 aliphatic heterocycles. The van der Waals surface area contributed by atoms with Crippen molar-refractivity contribution in [2.24, 2.45) is 5.92 Å². The molecule has 1 unspecified atom stereocenters. The van der Waals surface area contributed by atoms with Crippen molar-refractivity contribution in [2.75, 3.05) is 19.6 Å². The number of nitrogens with zero attached hydrogens (tertiary/aromatic N) is 2. The summed E-state index contributed by atoms with van der Waals surface area (Å²) in [5.41, 5.74) is 0.646. The molecule has 3 rings (SSSR count). The van der Waals surface area contributed by atoms with E-state index in [0.29, 0.717) is 18.7 Å². The summed E-state index contributed by atoms with van der Waals surface area (Å²) < 4.78 is 0. The van der Waals surface area contributed by atoms with E-state index in [1.54, 1.807) is 29.4 Å². The van der Waals surface area contributed by atoms with Crippen molar-refractivity contribution in [3.05, 3.63) is 30.1 Å². The van der Waals surface area contributed by atoms with E-state index in [1.807, 2.05) is 0 Å². The van der Waals surface area contributed by atoms with Crippen LogP contribution >= 0.6 is 0 Å². The lowest BCUT2D eigenvalue weighted by Gasteiger charge is -2.22. The molecule has 0 radical (unpaired) electrons. The third-order valence-electron chi connectivity index (χ3n) is 5.30. The van der Waals surface area contributed by atoms with Gasteiger partial charge in [-0.15, -0.1) is 0 Å². The number of likely N-dealkylation sites (tertiary alicyclic amines) is 1. The highest BCUT2D eigenvalue weighted by Crippen LogP contribution is 2.25. The highest BCUT2D eigenvalue weighted by molar-refractivity contribution is 5.94. The Balaban J connectivity index is 1.36. The Morgan fingerprint density at radius 2 is 1.88 bits per heavy atom. The number of pyridine rings is 1. The van der Waals surface area contributed by atoms with Gasteiger partial charge in [0.1, 0.15) is 0 Å². The van der Waals surface area contributed by atoms with Crippen LogP contribution in [0.25, 0.3) is 0 Å². The van der Waals surface area contributed by atoms with E-state index < -0.39 is 0 Å². The standard InChI is InChI=1S/C19H28N4O2/c24-18(16-7-10-20-11-8-16)23-13-9-17(14-23)22-19(25)21-12-6-15-4-2-1-3-5-15/h7-8,10-11,15,17H,1-6,9,12-14H2,(H2,21,22,25). The molecule has 1 saturated heterocycles. The van der Waals surface area contributed by atoms with Gasteiger partial charge in [-0.2, -0.15) is 0 Å². The van der Waals surface area contributed by atoms with Gasteiger partial charge in [0.05, 0.1) is 0 Å². The topological polar surface area (TPSA) is 74.3 Å². The maximum absolute atomic E-state index is 12.4. The van der Waals surface area contributed by atoms with Crippen molar-refractivity contribution in [1.29, 1.82) is 0 Å².